The van der Waals surface area contributed by atoms with Crippen LogP contribution in [0.25, 0.3) is 15.5 Å². The molecule has 4 nitrogen and oxygen atoms in total. The first-order chi connectivity index (χ1) is 14.8. The molecule has 0 spiro atoms. The standard InChI is InChI=1S/C20H13ClF6N4S/c1-18(2,11-3-5-14(21)6-4-11)16-28-29-17-31(16)30-15(32-17)10-7-12(19(22,23)24)9-13(8-10)20(25,26)27/h3-9H,1-2H3. The van der Waals surface area contributed by atoms with E-state index < -0.39 is 28.9 Å². The molecule has 0 aliphatic rings. The van der Waals surface area contributed by atoms with Gasteiger partial charge in [-0.15, -0.1) is 10.2 Å². The van der Waals surface area contributed by atoms with E-state index in [-0.39, 0.29) is 21.6 Å². The third kappa shape index (κ3) is 4.06. The highest BCUT2D eigenvalue weighted by Gasteiger charge is 2.37. The minimum Gasteiger partial charge on any atom is -0.186 e. The van der Waals surface area contributed by atoms with Crippen LogP contribution in [-0.2, 0) is 17.8 Å². The highest BCUT2D eigenvalue weighted by molar-refractivity contribution is 7.19. The first-order valence-electron chi connectivity index (χ1n) is 9.05. The molecule has 2 aromatic heterocycles. The number of aromatic nitrogens is 4. The molecule has 0 radical (unpaired) electrons. The smallest absolute Gasteiger partial charge is 0.186 e. The van der Waals surface area contributed by atoms with Crippen LogP contribution in [0, 0.1) is 0 Å². The molecule has 0 saturated carbocycles. The van der Waals surface area contributed by atoms with E-state index in [1.54, 1.807) is 24.3 Å². The Bertz CT molecular complexity index is 1260. The van der Waals surface area contributed by atoms with Gasteiger partial charge in [-0.1, -0.05) is 35.1 Å². The third-order valence-corrected chi connectivity index (χ3v) is 6.15. The van der Waals surface area contributed by atoms with Gasteiger partial charge in [-0.3, -0.25) is 0 Å². The lowest BCUT2D eigenvalue weighted by Gasteiger charge is -2.22. The molecule has 0 aliphatic heterocycles. The van der Waals surface area contributed by atoms with Crippen molar-refractivity contribution in [3.8, 4) is 10.6 Å². The lowest BCUT2D eigenvalue weighted by atomic mass is 9.84. The van der Waals surface area contributed by atoms with E-state index in [0.717, 1.165) is 16.9 Å². The van der Waals surface area contributed by atoms with Gasteiger partial charge in [-0.25, -0.2) is 0 Å². The van der Waals surface area contributed by atoms with E-state index in [1.807, 2.05) is 13.8 Å². The highest BCUT2D eigenvalue weighted by Crippen LogP contribution is 2.40. The van der Waals surface area contributed by atoms with Gasteiger partial charge in [0.05, 0.1) is 16.5 Å². The Morgan fingerprint density at radius 3 is 1.91 bits per heavy atom. The molecule has 0 atom stereocenters. The third-order valence-electron chi connectivity index (χ3n) is 4.95. The quantitative estimate of drug-likeness (QED) is 0.294. The molecule has 168 valence electrons. The maximum atomic E-state index is 13.2. The Morgan fingerprint density at radius 1 is 0.812 bits per heavy atom. The zero-order valence-corrected chi connectivity index (χ0v) is 18.0. The number of halogens is 7. The Kier molecular flexibility index (Phi) is 5.24. The van der Waals surface area contributed by atoms with E-state index in [1.165, 1.54) is 4.52 Å². The second-order valence-corrected chi connectivity index (χ2v) is 8.94. The SMILES string of the molecule is CC(C)(c1ccc(Cl)cc1)c1nnc2sc(-c3cc(C(F)(F)F)cc(C(F)(F)F)c3)nn12. The molecular weight excluding hydrogens is 478 g/mol. The van der Waals surface area contributed by atoms with E-state index >= 15 is 0 Å². The summed E-state index contributed by atoms with van der Waals surface area (Å²) < 4.78 is 80.6. The normalized spacial score (nSPS) is 13.2. The number of alkyl halides is 6. The Hall–Kier alpha value is -2.66. The van der Waals surface area contributed by atoms with Crippen molar-refractivity contribution in [2.75, 3.05) is 0 Å². The predicted molar refractivity (Wildman–Crippen MR) is 108 cm³/mol. The van der Waals surface area contributed by atoms with E-state index in [9.17, 15) is 26.3 Å². The van der Waals surface area contributed by atoms with Crippen molar-refractivity contribution >= 4 is 27.9 Å². The van der Waals surface area contributed by atoms with E-state index in [0.29, 0.717) is 23.0 Å². The maximum absolute atomic E-state index is 13.2. The fourth-order valence-corrected chi connectivity index (χ4v) is 4.15. The molecule has 0 amide bonds. The molecule has 32 heavy (non-hydrogen) atoms. The van der Waals surface area contributed by atoms with Gasteiger partial charge in [-0.2, -0.15) is 36.0 Å². The lowest BCUT2D eigenvalue weighted by molar-refractivity contribution is -0.143. The average Bonchev–Trinajstić information content (AvgIpc) is 3.27. The number of rotatable bonds is 3. The number of benzene rings is 2. The second-order valence-electron chi connectivity index (χ2n) is 7.55. The van der Waals surface area contributed by atoms with Gasteiger partial charge in [0.2, 0.25) is 4.96 Å². The Morgan fingerprint density at radius 2 is 1.38 bits per heavy atom. The number of fused-ring (bicyclic) bond motifs is 1. The van der Waals surface area contributed by atoms with E-state index in [4.69, 9.17) is 11.6 Å². The summed E-state index contributed by atoms with van der Waals surface area (Å²) in [6.45, 7) is 3.69. The molecule has 2 heterocycles. The van der Waals surface area contributed by atoms with Gasteiger partial charge in [-0.05, 0) is 49.7 Å². The molecule has 0 unspecified atom stereocenters. The summed E-state index contributed by atoms with van der Waals surface area (Å²) in [4.78, 5) is 0.239. The van der Waals surface area contributed by atoms with Crippen LogP contribution in [0.1, 0.15) is 36.4 Å². The van der Waals surface area contributed by atoms with Crippen LogP contribution >= 0.6 is 22.9 Å². The average molecular weight is 491 g/mol. The molecule has 0 bridgehead atoms. The van der Waals surface area contributed by atoms with Gasteiger partial charge in [0, 0.05) is 10.6 Å². The van der Waals surface area contributed by atoms with Crippen molar-refractivity contribution in [3.63, 3.8) is 0 Å². The van der Waals surface area contributed by atoms with Crippen molar-refractivity contribution in [2.45, 2.75) is 31.6 Å². The second kappa shape index (κ2) is 7.45. The molecular formula is C20H13ClF6N4S. The molecule has 0 N–H and O–H groups in total. The fraction of sp³-hybridized carbons (Fsp3) is 0.250. The van der Waals surface area contributed by atoms with Crippen molar-refractivity contribution in [2.24, 2.45) is 0 Å². The van der Waals surface area contributed by atoms with Crippen LogP contribution in [0.15, 0.2) is 42.5 Å². The number of hydrogen-bond acceptors (Lipinski definition) is 4. The summed E-state index contributed by atoms with van der Waals surface area (Å²) in [6, 6.07) is 8.35. The molecule has 2 aromatic carbocycles. The van der Waals surface area contributed by atoms with Gasteiger partial charge >= 0.3 is 12.4 Å². The van der Waals surface area contributed by atoms with Gasteiger partial charge in [0.1, 0.15) is 5.01 Å². The van der Waals surface area contributed by atoms with Gasteiger partial charge in [0.25, 0.3) is 0 Å². The summed E-state index contributed by atoms with van der Waals surface area (Å²) in [7, 11) is 0. The topological polar surface area (TPSA) is 43.1 Å². The van der Waals surface area contributed by atoms with Crippen LogP contribution in [0.4, 0.5) is 26.3 Å². The first-order valence-corrected chi connectivity index (χ1v) is 10.2. The van der Waals surface area contributed by atoms with Crippen molar-refractivity contribution in [1.29, 1.82) is 0 Å². The van der Waals surface area contributed by atoms with Crippen molar-refractivity contribution < 1.29 is 26.3 Å². The minimum atomic E-state index is -4.95. The van der Waals surface area contributed by atoms with Crippen molar-refractivity contribution in [3.05, 3.63) is 70.0 Å². The monoisotopic (exact) mass is 490 g/mol. The highest BCUT2D eigenvalue weighted by atomic mass is 35.5. The molecule has 4 aromatic rings. The molecule has 12 heteroatoms. The van der Waals surface area contributed by atoms with Crippen LogP contribution in [0.2, 0.25) is 5.02 Å². The number of nitrogens with zero attached hydrogens (tertiary/aromatic N) is 4. The fourth-order valence-electron chi connectivity index (χ4n) is 3.20. The van der Waals surface area contributed by atoms with Gasteiger partial charge in [0.15, 0.2) is 5.82 Å². The predicted octanol–water partition coefficient (Wildman–Crippen LogP) is 6.87. The zero-order chi connectivity index (χ0) is 23.5. The largest absolute Gasteiger partial charge is 0.416 e. The summed E-state index contributed by atoms with van der Waals surface area (Å²) >= 11 is 6.78. The van der Waals surface area contributed by atoms with Gasteiger partial charge < -0.3 is 0 Å². The lowest BCUT2D eigenvalue weighted by Crippen LogP contribution is -2.22. The van der Waals surface area contributed by atoms with E-state index in [2.05, 4.69) is 15.3 Å². The van der Waals surface area contributed by atoms with Crippen LogP contribution in [-0.4, -0.2) is 19.8 Å². The Labute approximate surface area is 186 Å². The first kappa shape index (κ1) is 22.5. The minimum absolute atomic E-state index is 0.0420. The molecule has 0 aliphatic carbocycles. The van der Waals surface area contributed by atoms with Crippen LogP contribution < -0.4 is 0 Å². The van der Waals surface area contributed by atoms with Crippen LogP contribution in [0.3, 0.4) is 0 Å². The Balaban J connectivity index is 1.84. The molecule has 0 saturated heterocycles. The zero-order valence-electron chi connectivity index (χ0n) is 16.4. The van der Waals surface area contributed by atoms with Crippen molar-refractivity contribution in [1.82, 2.24) is 19.8 Å². The maximum Gasteiger partial charge on any atom is 0.416 e. The summed E-state index contributed by atoms with van der Waals surface area (Å²) in [5.74, 6) is 0.375. The summed E-state index contributed by atoms with van der Waals surface area (Å²) in [6.07, 6.45) is -9.90. The van der Waals surface area contributed by atoms with Crippen LogP contribution in [0.5, 0.6) is 0 Å². The number of hydrogen-bond donors (Lipinski definition) is 0. The molecule has 0 fully saturated rings. The summed E-state index contributed by atoms with van der Waals surface area (Å²) in [5.41, 5.74) is -3.02. The summed E-state index contributed by atoms with van der Waals surface area (Å²) in [5, 5.41) is 12.9. The molecule has 4 rings (SSSR count).